The Hall–Kier alpha value is -1.74. The van der Waals surface area contributed by atoms with Crippen LogP contribution in [0.1, 0.15) is 19.4 Å². The van der Waals surface area contributed by atoms with Crippen LogP contribution in [0.25, 0.3) is 11.3 Å². The van der Waals surface area contributed by atoms with Crippen LogP contribution in [0.4, 0.5) is 0 Å². The van der Waals surface area contributed by atoms with Gasteiger partial charge in [-0.1, -0.05) is 32.0 Å². The Bertz CT molecular complexity index is 677. The van der Waals surface area contributed by atoms with E-state index in [1.807, 2.05) is 30.3 Å². The van der Waals surface area contributed by atoms with Crippen molar-refractivity contribution in [2.45, 2.75) is 19.7 Å². The topological polar surface area (TPSA) is 31.2 Å². The van der Waals surface area contributed by atoms with Crippen molar-refractivity contribution in [3.05, 3.63) is 52.3 Å². The van der Waals surface area contributed by atoms with Crippen LogP contribution in [0.2, 0.25) is 0 Å². The van der Waals surface area contributed by atoms with Crippen LogP contribution in [-0.2, 0) is 12.9 Å². The number of aromatic nitrogens is 1. The van der Waals surface area contributed by atoms with Gasteiger partial charge in [-0.15, -0.1) is 11.6 Å². The fraction of sp³-hybridized carbons (Fsp3) is 0.353. The minimum absolute atomic E-state index is 0.0593. The van der Waals surface area contributed by atoms with Crippen molar-refractivity contribution < 1.29 is 4.74 Å². The molecule has 4 heteroatoms. The van der Waals surface area contributed by atoms with Gasteiger partial charge in [0.15, 0.2) is 0 Å². The van der Waals surface area contributed by atoms with Gasteiger partial charge in [-0.05, 0) is 24.1 Å². The lowest BCUT2D eigenvalue weighted by molar-refractivity contribution is 0.271. The normalized spacial score (nSPS) is 10.9. The Morgan fingerprint density at radius 3 is 2.67 bits per heavy atom. The molecule has 0 aliphatic heterocycles. The number of halogens is 1. The smallest absolute Gasteiger partial charge is 0.255 e. The van der Waals surface area contributed by atoms with E-state index in [1.54, 1.807) is 17.7 Å². The summed E-state index contributed by atoms with van der Waals surface area (Å²) in [5.74, 6) is 1.51. The molecule has 0 fully saturated rings. The van der Waals surface area contributed by atoms with Gasteiger partial charge in [0.25, 0.3) is 5.56 Å². The van der Waals surface area contributed by atoms with E-state index in [2.05, 4.69) is 13.8 Å². The van der Waals surface area contributed by atoms with Crippen LogP contribution in [0.15, 0.2) is 41.2 Å². The second-order valence-corrected chi connectivity index (χ2v) is 5.74. The summed E-state index contributed by atoms with van der Waals surface area (Å²) < 4.78 is 7.36. The zero-order valence-corrected chi connectivity index (χ0v) is 13.4. The summed E-state index contributed by atoms with van der Waals surface area (Å²) in [4.78, 5) is 12.1. The third-order valence-corrected chi connectivity index (χ3v) is 3.53. The number of hydrogen-bond acceptors (Lipinski definition) is 2. The zero-order valence-electron chi connectivity index (χ0n) is 12.6. The second kappa shape index (κ2) is 6.81. The van der Waals surface area contributed by atoms with E-state index in [-0.39, 0.29) is 11.4 Å². The lowest BCUT2D eigenvalue weighted by atomic mass is 10.1. The average Bonchev–Trinajstić information content (AvgIpc) is 2.48. The molecule has 21 heavy (non-hydrogen) atoms. The molecule has 0 unspecified atom stereocenters. The maximum absolute atomic E-state index is 12.1. The van der Waals surface area contributed by atoms with E-state index in [4.69, 9.17) is 16.3 Å². The Balaban J connectivity index is 2.36. The highest BCUT2D eigenvalue weighted by molar-refractivity contribution is 6.17. The summed E-state index contributed by atoms with van der Waals surface area (Å²) in [6.45, 7) is 4.89. The summed E-state index contributed by atoms with van der Waals surface area (Å²) in [7, 11) is 1.76. The van der Waals surface area contributed by atoms with Crippen LogP contribution < -0.4 is 10.3 Å². The maximum atomic E-state index is 12.1. The summed E-state index contributed by atoms with van der Waals surface area (Å²) in [6.07, 6.45) is 0. The molecular formula is C17H20ClNO2. The van der Waals surface area contributed by atoms with Crippen LogP contribution in [0.5, 0.6) is 5.75 Å². The molecule has 0 atom stereocenters. The van der Waals surface area contributed by atoms with E-state index in [9.17, 15) is 4.79 Å². The highest BCUT2D eigenvalue weighted by Crippen LogP contribution is 2.23. The summed E-state index contributed by atoms with van der Waals surface area (Å²) in [6, 6.07) is 11.5. The standard InChI is InChI=1S/C17H20ClNO2/c1-12(2)11-21-15-6-4-5-13(9-15)16-8-7-14(10-18)17(20)19(16)3/h4-9,12H,10-11H2,1-3H3. The predicted octanol–water partition coefficient (Wildman–Crippen LogP) is 3.83. The molecule has 1 heterocycles. The van der Waals surface area contributed by atoms with Gasteiger partial charge in [-0.3, -0.25) is 4.79 Å². The van der Waals surface area contributed by atoms with Gasteiger partial charge in [0, 0.05) is 18.2 Å². The predicted molar refractivity (Wildman–Crippen MR) is 87.0 cm³/mol. The Morgan fingerprint density at radius 1 is 1.24 bits per heavy atom. The van der Waals surface area contributed by atoms with Crippen molar-refractivity contribution >= 4 is 11.6 Å². The molecule has 1 aromatic carbocycles. The molecule has 0 aliphatic rings. The minimum Gasteiger partial charge on any atom is -0.493 e. The number of nitrogens with zero attached hydrogens (tertiary/aromatic N) is 1. The van der Waals surface area contributed by atoms with Gasteiger partial charge in [0.2, 0.25) is 0 Å². The molecule has 0 bridgehead atoms. The molecule has 0 radical (unpaired) electrons. The number of benzene rings is 1. The molecule has 2 aromatic rings. The van der Waals surface area contributed by atoms with Crippen molar-refractivity contribution in [2.24, 2.45) is 13.0 Å². The molecule has 0 aliphatic carbocycles. The average molecular weight is 306 g/mol. The van der Waals surface area contributed by atoms with E-state index < -0.39 is 0 Å². The maximum Gasteiger partial charge on any atom is 0.255 e. The minimum atomic E-state index is -0.0593. The molecule has 0 N–H and O–H groups in total. The lowest BCUT2D eigenvalue weighted by Crippen LogP contribution is -2.21. The number of rotatable bonds is 5. The van der Waals surface area contributed by atoms with Crippen molar-refractivity contribution in [2.75, 3.05) is 6.61 Å². The van der Waals surface area contributed by atoms with Gasteiger partial charge in [0.05, 0.1) is 18.2 Å². The van der Waals surface area contributed by atoms with Crippen molar-refractivity contribution in [1.82, 2.24) is 4.57 Å². The molecule has 2 rings (SSSR count). The van der Waals surface area contributed by atoms with Crippen LogP contribution in [-0.4, -0.2) is 11.2 Å². The fourth-order valence-electron chi connectivity index (χ4n) is 2.09. The number of hydrogen-bond donors (Lipinski definition) is 0. The first kappa shape index (κ1) is 15.6. The summed E-state index contributed by atoms with van der Waals surface area (Å²) in [5, 5.41) is 0. The van der Waals surface area contributed by atoms with Gasteiger partial charge >= 0.3 is 0 Å². The third-order valence-electron chi connectivity index (χ3n) is 3.24. The first-order valence-corrected chi connectivity index (χ1v) is 7.54. The molecule has 0 spiro atoms. The fourth-order valence-corrected chi connectivity index (χ4v) is 2.29. The van der Waals surface area contributed by atoms with Gasteiger partial charge in [-0.25, -0.2) is 0 Å². The van der Waals surface area contributed by atoms with Gasteiger partial charge < -0.3 is 9.30 Å². The summed E-state index contributed by atoms with van der Waals surface area (Å²) >= 11 is 5.77. The monoisotopic (exact) mass is 305 g/mol. The lowest BCUT2D eigenvalue weighted by Gasteiger charge is -2.12. The van der Waals surface area contributed by atoms with Gasteiger partial charge in [0.1, 0.15) is 5.75 Å². The number of pyridine rings is 1. The van der Waals surface area contributed by atoms with E-state index in [0.29, 0.717) is 18.1 Å². The zero-order chi connectivity index (χ0) is 15.4. The quantitative estimate of drug-likeness (QED) is 0.786. The number of ether oxygens (including phenoxy) is 1. The van der Waals surface area contributed by atoms with E-state index >= 15 is 0 Å². The Kier molecular flexibility index (Phi) is 5.07. The number of alkyl halides is 1. The first-order valence-electron chi connectivity index (χ1n) is 7.01. The van der Waals surface area contributed by atoms with Crippen molar-refractivity contribution in [3.63, 3.8) is 0 Å². The SMILES string of the molecule is CC(C)COc1cccc(-c2ccc(CCl)c(=O)n2C)c1. The van der Waals surface area contributed by atoms with Crippen molar-refractivity contribution in [3.8, 4) is 17.0 Å². The molecular weight excluding hydrogens is 286 g/mol. The van der Waals surface area contributed by atoms with Crippen LogP contribution in [0, 0.1) is 5.92 Å². The molecule has 3 nitrogen and oxygen atoms in total. The molecule has 0 amide bonds. The molecule has 0 saturated carbocycles. The highest BCUT2D eigenvalue weighted by Gasteiger charge is 2.08. The van der Waals surface area contributed by atoms with Crippen LogP contribution >= 0.6 is 11.6 Å². The molecule has 1 aromatic heterocycles. The second-order valence-electron chi connectivity index (χ2n) is 5.47. The third kappa shape index (κ3) is 3.67. The molecule has 0 saturated heterocycles. The van der Waals surface area contributed by atoms with E-state index in [1.165, 1.54) is 0 Å². The highest BCUT2D eigenvalue weighted by atomic mass is 35.5. The Morgan fingerprint density at radius 2 is 2.00 bits per heavy atom. The van der Waals surface area contributed by atoms with E-state index in [0.717, 1.165) is 17.0 Å². The first-order chi connectivity index (χ1) is 10.0. The van der Waals surface area contributed by atoms with Crippen LogP contribution in [0.3, 0.4) is 0 Å². The summed E-state index contributed by atoms with van der Waals surface area (Å²) in [5.41, 5.74) is 2.35. The molecule has 112 valence electrons. The van der Waals surface area contributed by atoms with Crippen molar-refractivity contribution in [1.29, 1.82) is 0 Å². The Labute approximate surface area is 130 Å². The largest absolute Gasteiger partial charge is 0.493 e. The van der Waals surface area contributed by atoms with Gasteiger partial charge in [-0.2, -0.15) is 0 Å².